The molecule has 0 radical (unpaired) electrons. The zero-order valence-corrected chi connectivity index (χ0v) is 12.6. The molecule has 0 aromatic rings. The number of carboxylic acids is 1. The molecule has 0 aliphatic rings. The molecule has 0 aliphatic carbocycles. The third-order valence-electron chi connectivity index (χ3n) is 2.73. The van der Waals surface area contributed by atoms with Crippen molar-refractivity contribution in [1.29, 1.82) is 0 Å². The normalized spacial score (nSPS) is 12.4. The zero-order chi connectivity index (χ0) is 14.9. The minimum absolute atomic E-state index is 0.285. The summed E-state index contributed by atoms with van der Waals surface area (Å²) in [5.41, 5.74) is 0. The van der Waals surface area contributed by atoms with E-state index in [0.29, 0.717) is 0 Å². The van der Waals surface area contributed by atoms with Crippen LogP contribution >= 0.6 is 0 Å². The second kappa shape index (κ2) is 15.5. The molecule has 0 aliphatic heterocycles. The molecule has 0 aromatic heterocycles. The number of rotatable bonds is 12. The Morgan fingerprint density at radius 1 is 0.800 bits per heavy atom. The maximum absolute atomic E-state index is 10.3. The lowest BCUT2D eigenvalue weighted by Gasteiger charge is -1.92. The first-order valence-electron chi connectivity index (χ1n) is 7.59. The summed E-state index contributed by atoms with van der Waals surface area (Å²) in [7, 11) is 0. The molecule has 1 N–H and O–H groups in total. The van der Waals surface area contributed by atoms with Gasteiger partial charge in [-0.3, -0.25) is 4.79 Å². The first-order valence-corrected chi connectivity index (χ1v) is 7.59. The Morgan fingerprint density at radius 2 is 1.30 bits per heavy atom. The fraction of sp³-hybridized carbons (Fsp3) is 0.500. The molecule has 0 amide bonds. The van der Waals surface area contributed by atoms with Crippen LogP contribution in [0.1, 0.15) is 58.3 Å². The molecule has 0 saturated carbocycles. The van der Waals surface area contributed by atoms with Gasteiger partial charge in [0.1, 0.15) is 0 Å². The van der Waals surface area contributed by atoms with Crippen LogP contribution in [0.25, 0.3) is 0 Å². The van der Waals surface area contributed by atoms with Crippen LogP contribution in [0, 0.1) is 0 Å². The molecular formula is C18H28O2. The van der Waals surface area contributed by atoms with E-state index in [1.807, 2.05) is 0 Å². The van der Waals surface area contributed by atoms with Gasteiger partial charge in [0.25, 0.3) is 0 Å². The predicted octanol–water partition coefficient (Wildman–Crippen LogP) is 5.44. The van der Waals surface area contributed by atoms with Gasteiger partial charge in [0.05, 0.1) is 0 Å². The second-order valence-corrected chi connectivity index (χ2v) is 4.64. The molecule has 0 bridgehead atoms. The second-order valence-electron chi connectivity index (χ2n) is 4.64. The van der Waals surface area contributed by atoms with Gasteiger partial charge >= 0.3 is 5.97 Å². The molecule has 0 rings (SSSR count). The molecule has 2 nitrogen and oxygen atoms in total. The summed E-state index contributed by atoms with van der Waals surface area (Å²) in [5, 5.41) is 8.48. The molecule has 0 unspecified atom stereocenters. The van der Waals surface area contributed by atoms with Gasteiger partial charge < -0.3 is 5.11 Å². The Morgan fingerprint density at radius 3 is 1.80 bits per heavy atom. The first kappa shape index (κ1) is 18.4. The van der Waals surface area contributed by atoms with Crippen molar-refractivity contribution < 1.29 is 9.90 Å². The molecule has 0 heterocycles. The quantitative estimate of drug-likeness (QED) is 0.381. The highest BCUT2D eigenvalue weighted by Crippen LogP contribution is 2.01. The Bertz CT molecular complexity index is 335. The van der Waals surface area contributed by atoms with Crippen LogP contribution in [0.5, 0.6) is 0 Å². The lowest BCUT2D eigenvalue weighted by atomic mass is 10.2. The molecule has 0 atom stereocenters. The highest BCUT2D eigenvalue weighted by atomic mass is 16.4. The fourth-order valence-corrected chi connectivity index (χ4v) is 1.64. The van der Waals surface area contributed by atoms with Gasteiger partial charge in [0, 0.05) is 6.42 Å². The molecule has 112 valence electrons. The van der Waals surface area contributed by atoms with Gasteiger partial charge in [0.15, 0.2) is 0 Å². The monoisotopic (exact) mass is 276 g/mol. The summed E-state index contributed by atoms with van der Waals surface area (Å²) in [6, 6.07) is 0. The van der Waals surface area contributed by atoms with E-state index in [0.717, 1.165) is 44.9 Å². The molecule has 0 aromatic carbocycles. The van der Waals surface area contributed by atoms with Crippen LogP contribution < -0.4 is 0 Å². The van der Waals surface area contributed by atoms with E-state index in [9.17, 15) is 4.79 Å². The standard InChI is InChI=1S/C18H28O2/c1-2-3-4-5-6-7-8-9-10-11-12-13-14-15-16-17-18(19)20/h3-4,6-7,9-10,12-13H,2,5,8,11,14-17H2,1H3,(H,19,20)/b4-3?,7-6?,10-9?,13-12-. The summed E-state index contributed by atoms with van der Waals surface area (Å²) in [6.07, 6.45) is 24.4. The SMILES string of the molecule is CCC=CCC=CCC=CC/C=C\CCCCC(=O)O. The van der Waals surface area contributed by atoms with Gasteiger partial charge in [-0.1, -0.05) is 55.5 Å². The summed E-state index contributed by atoms with van der Waals surface area (Å²) >= 11 is 0. The van der Waals surface area contributed by atoms with Crippen molar-refractivity contribution >= 4 is 5.97 Å². The van der Waals surface area contributed by atoms with Gasteiger partial charge in [-0.25, -0.2) is 0 Å². The van der Waals surface area contributed by atoms with E-state index in [4.69, 9.17) is 5.11 Å². The van der Waals surface area contributed by atoms with Crippen LogP contribution in [0.4, 0.5) is 0 Å². The van der Waals surface area contributed by atoms with Gasteiger partial charge in [0.2, 0.25) is 0 Å². The summed E-state index contributed by atoms with van der Waals surface area (Å²) in [6.45, 7) is 2.14. The van der Waals surface area contributed by atoms with Gasteiger partial charge in [-0.05, 0) is 44.9 Å². The average Bonchev–Trinajstić information content (AvgIpc) is 2.43. The van der Waals surface area contributed by atoms with Crippen molar-refractivity contribution in [2.45, 2.75) is 58.3 Å². The Hall–Kier alpha value is -1.57. The smallest absolute Gasteiger partial charge is 0.303 e. The lowest BCUT2D eigenvalue weighted by Crippen LogP contribution is -1.92. The summed E-state index contributed by atoms with van der Waals surface area (Å²) in [4.78, 5) is 10.3. The number of aliphatic carboxylic acids is 1. The van der Waals surface area contributed by atoms with Crippen molar-refractivity contribution in [3.05, 3.63) is 48.6 Å². The van der Waals surface area contributed by atoms with E-state index in [-0.39, 0.29) is 6.42 Å². The molecule has 0 saturated heterocycles. The average molecular weight is 276 g/mol. The summed E-state index contributed by atoms with van der Waals surface area (Å²) in [5.74, 6) is -0.699. The third-order valence-corrected chi connectivity index (χ3v) is 2.73. The van der Waals surface area contributed by atoms with Crippen molar-refractivity contribution in [2.75, 3.05) is 0 Å². The number of unbranched alkanes of at least 4 members (excludes halogenated alkanes) is 2. The number of allylic oxidation sites excluding steroid dienone is 8. The van der Waals surface area contributed by atoms with Crippen LogP contribution in [0.15, 0.2) is 48.6 Å². The van der Waals surface area contributed by atoms with Crippen LogP contribution in [-0.2, 0) is 4.79 Å². The van der Waals surface area contributed by atoms with E-state index in [1.54, 1.807) is 0 Å². The molecular weight excluding hydrogens is 248 g/mol. The van der Waals surface area contributed by atoms with Crippen LogP contribution in [0.2, 0.25) is 0 Å². The van der Waals surface area contributed by atoms with E-state index >= 15 is 0 Å². The van der Waals surface area contributed by atoms with Crippen LogP contribution in [-0.4, -0.2) is 11.1 Å². The Kier molecular flexibility index (Phi) is 14.3. The van der Waals surface area contributed by atoms with Gasteiger partial charge in [-0.15, -0.1) is 0 Å². The first-order chi connectivity index (χ1) is 9.77. The largest absolute Gasteiger partial charge is 0.481 e. The molecule has 0 spiro atoms. The lowest BCUT2D eigenvalue weighted by molar-refractivity contribution is -0.137. The zero-order valence-electron chi connectivity index (χ0n) is 12.6. The summed E-state index contributed by atoms with van der Waals surface area (Å²) < 4.78 is 0. The minimum Gasteiger partial charge on any atom is -0.481 e. The van der Waals surface area contributed by atoms with Crippen LogP contribution in [0.3, 0.4) is 0 Å². The maximum Gasteiger partial charge on any atom is 0.303 e. The fourth-order valence-electron chi connectivity index (χ4n) is 1.64. The predicted molar refractivity (Wildman–Crippen MR) is 86.8 cm³/mol. The number of hydrogen-bond donors (Lipinski definition) is 1. The number of carbonyl (C=O) groups is 1. The maximum atomic E-state index is 10.3. The Labute approximate surface area is 123 Å². The topological polar surface area (TPSA) is 37.3 Å². The Balaban J connectivity index is 3.38. The van der Waals surface area contributed by atoms with E-state index < -0.39 is 5.97 Å². The molecule has 0 fully saturated rings. The van der Waals surface area contributed by atoms with Gasteiger partial charge in [-0.2, -0.15) is 0 Å². The highest BCUT2D eigenvalue weighted by Gasteiger charge is 1.93. The van der Waals surface area contributed by atoms with Crippen molar-refractivity contribution in [3.63, 3.8) is 0 Å². The van der Waals surface area contributed by atoms with E-state index in [2.05, 4.69) is 55.5 Å². The van der Waals surface area contributed by atoms with Crippen molar-refractivity contribution in [1.82, 2.24) is 0 Å². The highest BCUT2D eigenvalue weighted by molar-refractivity contribution is 5.66. The molecule has 2 heteroatoms. The molecule has 20 heavy (non-hydrogen) atoms. The minimum atomic E-state index is -0.699. The van der Waals surface area contributed by atoms with Crippen molar-refractivity contribution in [3.8, 4) is 0 Å². The third kappa shape index (κ3) is 16.4. The van der Waals surface area contributed by atoms with Crippen molar-refractivity contribution in [2.24, 2.45) is 0 Å². The van der Waals surface area contributed by atoms with E-state index in [1.165, 1.54) is 0 Å². The number of hydrogen-bond acceptors (Lipinski definition) is 1. The number of carboxylic acid groups (broad SMARTS) is 1.